The van der Waals surface area contributed by atoms with Crippen LogP contribution in [0, 0.1) is 5.92 Å². The van der Waals surface area contributed by atoms with Crippen molar-refractivity contribution >= 4 is 0 Å². The lowest BCUT2D eigenvalue weighted by atomic mass is 10.0. The number of benzene rings is 1. The molecule has 1 fully saturated rings. The van der Waals surface area contributed by atoms with E-state index in [9.17, 15) is 0 Å². The molecule has 0 amide bonds. The summed E-state index contributed by atoms with van der Waals surface area (Å²) >= 11 is 0. The molecule has 1 saturated heterocycles. The standard InChI is InChI=1S/C14H21N.C3H8/c1-11(2)13-9-10-14(15(13)3)12-7-5-4-6-8-12;1-3-2/h4-8,11,13-14H,9-10H2,1-3H3;3H2,1-2H3/t13-,14?;/m0./s1. The van der Waals surface area contributed by atoms with Crippen molar-refractivity contribution in [3.63, 3.8) is 0 Å². The van der Waals surface area contributed by atoms with Crippen molar-refractivity contribution in [1.82, 2.24) is 4.90 Å². The van der Waals surface area contributed by atoms with Crippen molar-refractivity contribution in [2.24, 2.45) is 5.92 Å². The highest BCUT2D eigenvalue weighted by Gasteiger charge is 2.32. The Morgan fingerprint density at radius 1 is 1.11 bits per heavy atom. The van der Waals surface area contributed by atoms with Crippen molar-refractivity contribution in [3.05, 3.63) is 35.9 Å². The zero-order valence-corrected chi connectivity index (χ0v) is 12.7. The first kappa shape index (κ1) is 15.2. The Morgan fingerprint density at radius 3 is 2.11 bits per heavy atom. The van der Waals surface area contributed by atoms with E-state index in [1.807, 2.05) is 0 Å². The quantitative estimate of drug-likeness (QED) is 0.719. The van der Waals surface area contributed by atoms with Crippen LogP contribution in [0.4, 0.5) is 0 Å². The van der Waals surface area contributed by atoms with Crippen molar-refractivity contribution in [2.75, 3.05) is 7.05 Å². The molecule has 1 unspecified atom stereocenters. The average Bonchev–Trinajstić information content (AvgIpc) is 2.73. The van der Waals surface area contributed by atoms with E-state index in [0.29, 0.717) is 6.04 Å². The summed E-state index contributed by atoms with van der Waals surface area (Å²) in [6, 6.07) is 12.3. The van der Waals surface area contributed by atoms with Gasteiger partial charge in [0.15, 0.2) is 0 Å². The Labute approximate surface area is 113 Å². The third-order valence-electron chi connectivity index (χ3n) is 3.70. The van der Waals surface area contributed by atoms with Gasteiger partial charge in [0.2, 0.25) is 0 Å². The molecule has 0 aliphatic carbocycles. The van der Waals surface area contributed by atoms with Crippen LogP contribution in [0.3, 0.4) is 0 Å². The van der Waals surface area contributed by atoms with Crippen LogP contribution in [-0.2, 0) is 0 Å². The lowest BCUT2D eigenvalue weighted by Gasteiger charge is -2.28. The van der Waals surface area contributed by atoms with E-state index in [4.69, 9.17) is 0 Å². The molecule has 2 rings (SSSR count). The molecule has 18 heavy (non-hydrogen) atoms. The van der Waals surface area contributed by atoms with Gasteiger partial charge in [-0.2, -0.15) is 0 Å². The van der Waals surface area contributed by atoms with Gasteiger partial charge < -0.3 is 0 Å². The van der Waals surface area contributed by atoms with Crippen LogP contribution in [0.2, 0.25) is 0 Å². The molecule has 0 bridgehead atoms. The fourth-order valence-electron chi connectivity index (χ4n) is 2.85. The third kappa shape index (κ3) is 3.84. The van der Waals surface area contributed by atoms with Gasteiger partial charge in [0.1, 0.15) is 0 Å². The molecular formula is C17H29N. The van der Waals surface area contributed by atoms with Crippen molar-refractivity contribution < 1.29 is 0 Å². The zero-order chi connectivity index (χ0) is 13.5. The van der Waals surface area contributed by atoms with Crippen LogP contribution in [0.25, 0.3) is 0 Å². The second-order valence-corrected chi connectivity index (χ2v) is 5.69. The van der Waals surface area contributed by atoms with Crippen LogP contribution in [-0.4, -0.2) is 18.0 Å². The molecule has 1 aliphatic heterocycles. The number of likely N-dealkylation sites (tertiary alicyclic amines) is 1. The van der Waals surface area contributed by atoms with E-state index in [0.717, 1.165) is 12.0 Å². The number of hydrogen-bond donors (Lipinski definition) is 0. The van der Waals surface area contributed by atoms with Gasteiger partial charge in [0.25, 0.3) is 0 Å². The van der Waals surface area contributed by atoms with Crippen LogP contribution >= 0.6 is 0 Å². The fraction of sp³-hybridized carbons (Fsp3) is 0.647. The lowest BCUT2D eigenvalue weighted by Crippen LogP contribution is -2.31. The highest BCUT2D eigenvalue weighted by atomic mass is 15.2. The van der Waals surface area contributed by atoms with Gasteiger partial charge in [-0.1, -0.05) is 64.4 Å². The maximum Gasteiger partial charge on any atom is 0.0348 e. The summed E-state index contributed by atoms with van der Waals surface area (Å²) in [5.74, 6) is 0.767. The maximum absolute atomic E-state index is 2.56. The average molecular weight is 247 g/mol. The Balaban J connectivity index is 0.000000492. The second-order valence-electron chi connectivity index (χ2n) is 5.69. The molecule has 1 heteroatoms. The van der Waals surface area contributed by atoms with Crippen LogP contribution < -0.4 is 0 Å². The lowest BCUT2D eigenvalue weighted by molar-refractivity contribution is 0.200. The van der Waals surface area contributed by atoms with E-state index < -0.39 is 0 Å². The minimum atomic E-state index is 0.638. The summed E-state index contributed by atoms with van der Waals surface area (Å²) in [7, 11) is 2.27. The van der Waals surface area contributed by atoms with Crippen LogP contribution in [0.15, 0.2) is 30.3 Å². The molecule has 1 aromatic rings. The number of rotatable bonds is 2. The summed E-state index contributed by atoms with van der Waals surface area (Å²) < 4.78 is 0. The highest BCUT2D eigenvalue weighted by Crippen LogP contribution is 2.37. The Hall–Kier alpha value is -0.820. The molecule has 0 aromatic heterocycles. The Morgan fingerprint density at radius 2 is 1.67 bits per heavy atom. The van der Waals surface area contributed by atoms with E-state index in [2.05, 4.69) is 70.0 Å². The predicted molar refractivity (Wildman–Crippen MR) is 80.8 cm³/mol. The minimum absolute atomic E-state index is 0.638. The number of hydrogen-bond acceptors (Lipinski definition) is 1. The predicted octanol–water partition coefficient (Wildman–Crippen LogP) is 4.89. The molecule has 1 nitrogen and oxygen atoms in total. The largest absolute Gasteiger partial charge is 0.296 e. The Bertz CT molecular complexity index is 318. The summed E-state index contributed by atoms with van der Waals surface area (Å²) in [5.41, 5.74) is 1.48. The van der Waals surface area contributed by atoms with Gasteiger partial charge in [-0.15, -0.1) is 0 Å². The first-order valence-electron chi connectivity index (χ1n) is 7.38. The Kier molecular flexibility index (Phi) is 6.42. The first-order chi connectivity index (χ1) is 8.61. The van der Waals surface area contributed by atoms with E-state index in [1.165, 1.54) is 24.8 Å². The fourth-order valence-corrected chi connectivity index (χ4v) is 2.85. The minimum Gasteiger partial charge on any atom is -0.296 e. The van der Waals surface area contributed by atoms with Gasteiger partial charge in [-0.05, 0) is 31.4 Å². The second kappa shape index (κ2) is 7.58. The van der Waals surface area contributed by atoms with E-state index in [-0.39, 0.29) is 0 Å². The molecular weight excluding hydrogens is 218 g/mol. The molecule has 0 radical (unpaired) electrons. The number of nitrogens with zero attached hydrogens (tertiary/aromatic N) is 1. The topological polar surface area (TPSA) is 3.24 Å². The van der Waals surface area contributed by atoms with Gasteiger partial charge in [0.05, 0.1) is 0 Å². The van der Waals surface area contributed by atoms with E-state index >= 15 is 0 Å². The monoisotopic (exact) mass is 247 g/mol. The molecule has 102 valence electrons. The summed E-state index contributed by atoms with van der Waals surface area (Å²) in [5, 5.41) is 0. The van der Waals surface area contributed by atoms with Gasteiger partial charge in [-0.3, -0.25) is 4.90 Å². The van der Waals surface area contributed by atoms with Crippen molar-refractivity contribution in [1.29, 1.82) is 0 Å². The SMILES string of the molecule is CC(C)[C@@H]1CCC(c2ccccc2)N1C.CCC. The zero-order valence-electron chi connectivity index (χ0n) is 12.7. The van der Waals surface area contributed by atoms with Gasteiger partial charge in [-0.25, -0.2) is 0 Å². The summed E-state index contributed by atoms with van der Waals surface area (Å²) in [6.07, 6.45) is 3.90. The molecule has 1 aliphatic rings. The van der Waals surface area contributed by atoms with Crippen molar-refractivity contribution in [3.8, 4) is 0 Å². The smallest absolute Gasteiger partial charge is 0.0348 e. The third-order valence-corrected chi connectivity index (χ3v) is 3.70. The van der Waals surface area contributed by atoms with E-state index in [1.54, 1.807) is 0 Å². The normalized spacial score (nSPS) is 23.9. The van der Waals surface area contributed by atoms with Gasteiger partial charge in [0, 0.05) is 12.1 Å². The molecule has 2 atom stereocenters. The molecule has 1 heterocycles. The van der Waals surface area contributed by atoms with Crippen LogP contribution in [0.5, 0.6) is 0 Å². The first-order valence-corrected chi connectivity index (χ1v) is 7.38. The molecule has 0 spiro atoms. The van der Waals surface area contributed by atoms with Crippen LogP contribution in [0.1, 0.15) is 58.6 Å². The molecule has 0 saturated carbocycles. The summed E-state index contributed by atoms with van der Waals surface area (Å²) in [6.45, 7) is 8.91. The summed E-state index contributed by atoms with van der Waals surface area (Å²) in [4.78, 5) is 2.56. The van der Waals surface area contributed by atoms with Gasteiger partial charge >= 0.3 is 0 Å². The highest BCUT2D eigenvalue weighted by molar-refractivity contribution is 5.20. The molecule has 1 aromatic carbocycles. The van der Waals surface area contributed by atoms with Crippen molar-refractivity contribution in [2.45, 2.75) is 59.0 Å². The maximum atomic E-state index is 2.56. The molecule has 0 N–H and O–H groups in total.